The van der Waals surface area contributed by atoms with Crippen LogP contribution >= 0.6 is 0 Å². The number of halogens is 3. The minimum absolute atomic E-state index is 0.186. The van der Waals surface area contributed by atoms with Crippen LogP contribution in [0, 0.1) is 12.7 Å². The van der Waals surface area contributed by atoms with Crippen LogP contribution < -0.4 is 0 Å². The molecular formula is C16H16F3N5O2S. The molecule has 0 bridgehead atoms. The quantitative estimate of drug-likeness (QED) is 0.691. The highest BCUT2D eigenvalue weighted by atomic mass is 32.2. The molecule has 0 spiro atoms. The van der Waals surface area contributed by atoms with Crippen molar-refractivity contribution in [3.8, 4) is 0 Å². The van der Waals surface area contributed by atoms with Gasteiger partial charge in [0, 0.05) is 19.4 Å². The lowest BCUT2D eigenvalue weighted by molar-refractivity contribution is 0.0541. The summed E-state index contributed by atoms with van der Waals surface area (Å²) in [5.74, 6) is -0.178. The van der Waals surface area contributed by atoms with Crippen molar-refractivity contribution in [2.75, 3.05) is 7.05 Å². The number of nitrogens with one attached hydrogen (secondary N) is 1. The van der Waals surface area contributed by atoms with E-state index >= 15 is 0 Å². The first kappa shape index (κ1) is 19.1. The molecule has 0 saturated heterocycles. The number of aromatic amines is 1. The highest BCUT2D eigenvalue weighted by Crippen LogP contribution is 2.32. The number of hydrogen-bond acceptors (Lipinski definition) is 4. The van der Waals surface area contributed by atoms with Crippen LogP contribution in [0.4, 0.5) is 13.2 Å². The molecule has 3 rings (SSSR count). The van der Waals surface area contributed by atoms with Crippen LogP contribution in [-0.2, 0) is 10.0 Å². The Hall–Kier alpha value is -2.66. The van der Waals surface area contributed by atoms with E-state index in [1.165, 1.54) is 50.6 Å². The molecule has 2 heterocycles. The van der Waals surface area contributed by atoms with E-state index in [4.69, 9.17) is 0 Å². The first-order valence-electron chi connectivity index (χ1n) is 7.78. The smallest absolute Gasteiger partial charge is 0.333 e. The van der Waals surface area contributed by atoms with E-state index in [2.05, 4.69) is 15.1 Å². The number of alkyl halides is 2. The van der Waals surface area contributed by atoms with Crippen molar-refractivity contribution in [1.29, 1.82) is 0 Å². The highest BCUT2D eigenvalue weighted by molar-refractivity contribution is 7.89. The van der Waals surface area contributed by atoms with E-state index in [-0.39, 0.29) is 10.6 Å². The van der Waals surface area contributed by atoms with Gasteiger partial charge < -0.3 is 4.98 Å². The molecule has 1 aromatic carbocycles. The monoisotopic (exact) mass is 399 g/mol. The highest BCUT2D eigenvalue weighted by Gasteiger charge is 2.34. The van der Waals surface area contributed by atoms with Crippen LogP contribution in [0.2, 0.25) is 0 Å². The Balaban J connectivity index is 2.08. The summed E-state index contributed by atoms with van der Waals surface area (Å²) < 4.78 is 66.7. The second kappa shape index (κ2) is 7.16. The predicted octanol–water partition coefficient (Wildman–Crippen LogP) is 2.86. The lowest BCUT2D eigenvalue weighted by Gasteiger charge is -2.26. The number of rotatable bonds is 6. The SMILES string of the molecule is Cc1c(S(=O)(=O)N(C)C(c2ccc(F)cc2)c2ncc[nH]2)cnn1C(F)F. The van der Waals surface area contributed by atoms with Gasteiger partial charge in [0.15, 0.2) is 0 Å². The van der Waals surface area contributed by atoms with Gasteiger partial charge in [-0.05, 0) is 24.6 Å². The van der Waals surface area contributed by atoms with Crippen LogP contribution in [0.25, 0.3) is 0 Å². The first-order valence-corrected chi connectivity index (χ1v) is 9.22. The molecule has 7 nitrogen and oxygen atoms in total. The average Bonchev–Trinajstić information content (AvgIpc) is 3.26. The number of sulfonamides is 1. The third-order valence-electron chi connectivity index (χ3n) is 4.17. The van der Waals surface area contributed by atoms with Crippen LogP contribution in [0.5, 0.6) is 0 Å². The lowest BCUT2D eigenvalue weighted by atomic mass is 10.1. The Morgan fingerprint density at radius 2 is 1.89 bits per heavy atom. The third kappa shape index (κ3) is 3.47. The molecule has 1 atom stereocenters. The second-order valence-electron chi connectivity index (χ2n) is 5.77. The molecular weight excluding hydrogens is 383 g/mol. The van der Waals surface area contributed by atoms with Gasteiger partial charge in [-0.2, -0.15) is 18.2 Å². The van der Waals surface area contributed by atoms with Gasteiger partial charge >= 0.3 is 6.55 Å². The van der Waals surface area contributed by atoms with E-state index in [0.717, 1.165) is 10.5 Å². The average molecular weight is 399 g/mol. The maximum absolute atomic E-state index is 13.3. The largest absolute Gasteiger partial charge is 0.347 e. The van der Waals surface area contributed by atoms with Crippen molar-refractivity contribution < 1.29 is 21.6 Å². The van der Waals surface area contributed by atoms with E-state index in [0.29, 0.717) is 16.1 Å². The van der Waals surface area contributed by atoms with Gasteiger partial charge in [0.25, 0.3) is 0 Å². The maximum atomic E-state index is 13.3. The molecule has 0 amide bonds. The summed E-state index contributed by atoms with van der Waals surface area (Å²) in [6.07, 6.45) is 3.86. The van der Waals surface area contributed by atoms with Crippen LogP contribution in [0.3, 0.4) is 0 Å². The summed E-state index contributed by atoms with van der Waals surface area (Å²) in [4.78, 5) is 6.60. The molecule has 1 N–H and O–H groups in total. The molecule has 11 heteroatoms. The third-order valence-corrected chi connectivity index (χ3v) is 6.09. The van der Waals surface area contributed by atoms with E-state index < -0.39 is 28.4 Å². The summed E-state index contributed by atoms with van der Waals surface area (Å²) >= 11 is 0. The van der Waals surface area contributed by atoms with Crippen molar-refractivity contribution in [2.24, 2.45) is 0 Å². The summed E-state index contributed by atoms with van der Waals surface area (Å²) in [6.45, 7) is -1.71. The number of benzene rings is 1. The van der Waals surface area contributed by atoms with Gasteiger partial charge in [-0.25, -0.2) is 22.5 Å². The van der Waals surface area contributed by atoms with Crippen molar-refractivity contribution in [2.45, 2.75) is 24.4 Å². The van der Waals surface area contributed by atoms with Gasteiger partial charge in [0.05, 0.1) is 11.9 Å². The molecule has 144 valence electrons. The van der Waals surface area contributed by atoms with E-state index in [9.17, 15) is 21.6 Å². The Morgan fingerprint density at radius 3 is 2.41 bits per heavy atom. The fourth-order valence-corrected chi connectivity index (χ4v) is 4.22. The molecule has 3 aromatic rings. The summed E-state index contributed by atoms with van der Waals surface area (Å²) in [6, 6.07) is 4.35. The Labute approximate surface area is 153 Å². The maximum Gasteiger partial charge on any atom is 0.333 e. The van der Waals surface area contributed by atoms with Gasteiger partial charge in [0.2, 0.25) is 10.0 Å². The normalized spacial score (nSPS) is 13.4. The number of H-pyrrole nitrogens is 1. The standard InChI is InChI=1S/C16H16F3N5O2S/c1-10-13(9-22-24(10)16(18)19)27(25,26)23(2)14(15-20-7-8-21-15)11-3-5-12(17)6-4-11/h3-9,14,16H,1-2H3,(H,20,21). The Bertz CT molecular complexity index is 1020. The van der Waals surface area contributed by atoms with Crippen LogP contribution in [0.1, 0.15) is 29.7 Å². The predicted molar refractivity (Wildman–Crippen MR) is 90.0 cm³/mol. The summed E-state index contributed by atoms with van der Waals surface area (Å²) in [5, 5.41) is 3.46. The van der Waals surface area contributed by atoms with Gasteiger partial charge in [-0.15, -0.1) is 0 Å². The van der Waals surface area contributed by atoms with E-state index in [1.54, 1.807) is 0 Å². The molecule has 2 aromatic heterocycles. The number of imidazole rings is 1. The molecule has 0 radical (unpaired) electrons. The van der Waals surface area contributed by atoms with Crippen LogP contribution in [-0.4, -0.2) is 39.5 Å². The van der Waals surface area contributed by atoms with Crippen molar-refractivity contribution in [3.63, 3.8) is 0 Å². The molecule has 0 aliphatic heterocycles. The fourth-order valence-electron chi connectivity index (χ4n) is 2.76. The zero-order valence-electron chi connectivity index (χ0n) is 14.3. The van der Waals surface area contributed by atoms with Crippen molar-refractivity contribution in [3.05, 3.63) is 65.8 Å². The molecule has 0 aliphatic carbocycles. The summed E-state index contributed by atoms with van der Waals surface area (Å²) in [5.41, 5.74) is 0.269. The second-order valence-corrected chi connectivity index (χ2v) is 7.73. The molecule has 27 heavy (non-hydrogen) atoms. The fraction of sp³-hybridized carbons (Fsp3) is 0.250. The number of nitrogens with zero attached hydrogens (tertiary/aromatic N) is 4. The van der Waals surface area contributed by atoms with E-state index in [1.807, 2.05) is 0 Å². The number of aromatic nitrogens is 4. The molecule has 0 fully saturated rings. The molecule has 0 saturated carbocycles. The molecule has 0 aliphatic rings. The zero-order chi connectivity index (χ0) is 19.8. The van der Waals surface area contributed by atoms with Crippen molar-refractivity contribution >= 4 is 10.0 Å². The van der Waals surface area contributed by atoms with Crippen LogP contribution in [0.15, 0.2) is 47.8 Å². The van der Waals surface area contributed by atoms with Gasteiger partial charge in [-0.3, -0.25) is 0 Å². The van der Waals surface area contributed by atoms with Gasteiger partial charge in [0.1, 0.15) is 22.6 Å². The summed E-state index contributed by atoms with van der Waals surface area (Å²) in [7, 11) is -2.91. The minimum atomic E-state index is -4.20. The lowest BCUT2D eigenvalue weighted by Crippen LogP contribution is -2.33. The Morgan fingerprint density at radius 1 is 1.22 bits per heavy atom. The number of hydrogen-bond donors (Lipinski definition) is 1. The minimum Gasteiger partial charge on any atom is -0.347 e. The topological polar surface area (TPSA) is 83.9 Å². The Kier molecular flexibility index (Phi) is 5.07. The van der Waals surface area contributed by atoms with Crippen molar-refractivity contribution in [1.82, 2.24) is 24.1 Å². The first-order chi connectivity index (χ1) is 12.7. The molecule has 1 unspecified atom stereocenters. The van der Waals surface area contributed by atoms with Gasteiger partial charge in [-0.1, -0.05) is 12.1 Å². The zero-order valence-corrected chi connectivity index (χ0v) is 15.2.